The topological polar surface area (TPSA) is 58.6 Å². The molecule has 0 spiro atoms. The summed E-state index contributed by atoms with van der Waals surface area (Å²) in [4.78, 5) is 11.0. The number of nitrogens with one attached hydrogen (secondary N) is 1. The number of hydrogen-bond acceptors (Lipinski definition) is 3. The van der Waals surface area contributed by atoms with Gasteiger partial charge < -0.3 is 15.2 Å². The van der Waals surface area contributed by atoms with Gasteiger partial charge in [-0.05, 0) is 33.3 Å². The SMILES string of the molecule is CC(C)(C)OC(=O)NCC/C=C\O. The first-order valence-electron chi connectivity index (χ1n) is 4.22. The van der Waals surface area contributed by atoms with Crippen molar-refractivity contribution >= 4 is 6.09 Å². The van der Waals surface area contributed by atoms with E-state index >= 15 is 0 Å². The fraction of sp³-hybridized carbons (Fsp3) is 0.667. The molecule has 0 fully saturated rings. The summed E-state index contributed by atoms with van der Waals surface area (Å²) in [6.07, 6.45) is 2.67. The summed E-state index contributed by atoms with van der Waals surface area (Å²) >= 11 is 0. The quantitative estimate of drug-likeness (QED) is 0.524. The second-order valence-corrected chi connectivity index (χ2v) is 3.60. The van der Waals surface area contributed by atoms with Crippen LogP contribution in [-0.2, 0) is 4.74 Å². The number of aliphatic hydroxyl groups excluding tert-OH is 1. The van der Waals surface area contributed by atoms with E-state index in [1.807, 2.05) is 0 Å². The summed E-state index contributed by atoms with van der Waals surface area (Å²) in [7, 11) is 0. The summed E-state index contributed by atoms with van der Waals surface area (Å²) in [6, 6.07) is 0. The molecule has 0 radical (unpaired) electrons. The molecular weight excluding hydrogens is 170 g/mol. The zero-order chi connectivity index (χ0) is 10.3. The second kappa shape index (κ2) is 5.45. The van der Waals surface area contributed by atoms with Crippen LogP contribution in [0.15, 0.2) is 12.3 Å². The van der Waals surface area contributed by atoms with Crippen LogP contribution in [0.2, 0.25) is 0 Å². The minimum Gasteiger partial charge on any atom is -0.516 e. The molecule has 0 unspecified atom stereocenters. The van der Waals surface area contributed by atoms with E-state index in [0.29, 0.717) is 13.0 Å². The predicted molar refractivity (Wildman–Crippen MR) is 50.6 cm³/mol. The minimum absolute atomic E-state index is 0.432. The van der Waals surface area contributed by atoms with E-state index in [-0.39, 0.29) is 0 Å². The number of rotatable bonds is 3. The van der Waals surface area contributed by atoms with Crippen LogP contribution in [0.4, 0.5) is 4.79 Å². The number of hydrogen-bond donors (Lipinski definition) is 2. The average Bonchev–Trinajstić information content (AvgIpc) is 1.94. The summed E-state index contributed by atoms with van der Waals surface area (Å²) in [6.45, 7) is 5.88. The zero-order valence-corrected chi connectivity index (χ0v) is 8.33. The normalized spacial score (nSPS) is 11.6. The molecule has 0 aromatic carbocycles. The zero-order valence-electron chi connectivity index (χ0n) is 8.33. The van der Waals surface area contributed by atoms with Gasteiger partial charge in [0.25, 0.3) is 0 Å². The van der Waals surface area contributed by atoms with Gasteiger partial charge in [0.15, 0.2) is 0 Å². The van der Waals surface area contributed by atoms with Crippen molar-refractivity contribution in [3.63, 3.8) is 0 Å². The molecule has 0 aliphatic rings. The number of alkyl carbamates (subject to hydrolysis) is 1. The van der Waals surface area contributed by atoms with Gasteiger partial charge in [-0.1, -0.05) is 0 Å². The predicted octanol–water partition coefficient (Wildman–Crippen LogP) is 1.97. The molecule has 0 saturated heterocycles. The van der Waals surface area contributed by atoms with E-state index in [0.717, 1.165) is 6.26 Å². The van der Waals surface area contributed by atoms with Crippen LogP contribution in [0.1, 0.15) is 27.2 Å². The third-order valence-electron chi connectivity index (χ3n) is 1.08. The highest BCUT2D eigenvalue weighted by Gasteiger charge is 2.14. The van der Waals surface area contributed by atoms with Gasteiger partial charge in [-0.25, -0.2) is 4.79 Å². The first-order chi connectivity index (χ1) is 5.95. The standard InChI is InChI=1S/C9H17NO3/c1-9(2,3)13-8(12)10-6-4-5-7-11/h5,7,11H,4,6H2,1-3H3,(H,10,12)/b7-5-. The molecule has 76 valence electrons. The largest absolute Gasteiger partial charge is 0.516 e. The van der Waals surface area contributed by atoms with Gasteiger partial charge in [-0.15, -0.1) is 0 Å². The first kappa shape index (κ1) is 11.8. The van der Waals surface area contributed by atoms with Crippen molar-refractivity contribution in [2.45, 2.75) is 32.8 Å². The molecule has 0 bridgehead atoms. The van der Waals surface area contributed by atoms with Crippen LogP contribution in [0.5, 0.6) is 0 Å². The molecule has 0 heterocycles. The molecule has 0 atom stereocenters. The van der Waals surface area contributed by atoms with Gasteiger partial charge in [0.05, 0.1) is 6.26 Å². The highest BCUT2D eigenvalue weighted by atomic mass is 16.6. The molecule has 0 aliphatic carbocycles. The van der Waals surface area contributed by atoms with Crippen molar-refractivity contribution in [3.05, 3.63) is 12.3 Å². The van der Waals surface area contributed by atoms with Crippen LogP contribution in [0.3, 0.4) is 0 Å². The lowest BCUT2D eigenvalue weighted by Crippen LogP contribution is -2.32. The van der Waals surface area contributed by atoms with Crippen LogP contribution in [0, 0.1) is 0 Å². The minimum atomic E-state index is -0.461. The molecule has 13 heavy (non-hydrogen) atoms. The Kier molecular flexibility index (Phi) is 4.96. The van der Waals surface area contributed by atoms with Crippen molar-refractivity contribution < 1.29 is 14.6 Å². The highest BCUT2D eigenvalue weighted by molar-refractivity contribution is 5.67. The second-order valence-electron chi connectivity index (χ2n) is 3.60. The smallest absolute Gasteiger partial charge is 0.407 e. The van der Waals surface area contributed by atoms with Crippen molar-refractivity contribution in [3.8, 4) is 0 Å². The number of aliphatic hydroxyl groups is 1. The Morgan fingerprint density at radius 2 is 2.15 bits per heavy atom. The number of amides is 1. The molecular formula is C9H17NO3. The fourth-order valence-electron chi connectivity index (χ4n) is 0.646. The lowest BCUT2D eigenvalue weighted by molar-refractivity contribution is 0.0529. The summed E-state index contributed by atoms with van der Waals surface area (Å²) in [5, 5.41) is 10.8. The Bertz CT molecular complexity index is 182. The Balaban J connectivity index is 3.52. The molecule has 0 saturated carbocycles. The number of carbonyl (C=O) groups excluding carboxylic acids is 1. The Morgan fingerprint density at radius 1 is 1.54 bits per heavy atom. The van der Waals surface area contributed by atoms with E-state index in [1.165, 1.54) is 0 Å². The van der Waals surface area contributed by atoms with E-state index < -0.39 is 11.7 Å². The molecule has 0 rings (SSSR count). The van der Waals surface area contributed by atoms with Crippen molar-refractivity contribution in [2.24, 2.45) is 0 Å². The van der Waals surface area contributed by atoms with E-state index in [4.69, 9.17) is 9.84 Å². The van der Waals surface area contributed by atoms with Crippen molar-refractivity contribution in [2.75, 3.05) is 6.54 Å². The van der Waals surface area contributed by atoms with Gasteiger partial charge in [0.1, 0.15) is 5.60 Å². The van der Waals surface area contributed by atoms with Gasteiger partial charge in [0, 0.05) is 6.54 Å². The highest BCUT2D eigenvalue weighted by Crippen LogP contribution is 2.06. The molecule has 4 heteroatoms. The van der Waals surface area contributed by atoms with Crippen LogP contribution in [0.25, 0.3) is 0 Å². The maximum atomic E-state index is 11.0. The molecule has 4 nitrogen and oxygen atoms in total. The molecule has 0 aliphatic heterocycles. The van der Waals surface area contributed by atoms with Crippen LogP contribution >= 0.6 is 0 Å². The lowest BCUT2D eigenvalue weighted by atomic mass is 10.2. The molecule has 0 aromatic heterocycles. The third-order valence-corrected chi connectivity index (χ3v) is 1.08. The summed E-state index contributed by atoms with van der Waals surface area (Å²) in [5.41, 5.74) is -0.461. The summed E-state index contributed by atoms with van der Waals surface area (Å²) in [5.74, 6) is 0. The van der Waals surface area contributed by atoms with Crippen molar-refractivity contribution in [1.29, 1.82) is 0 Å². The van der Waals surface area contributed by atoms with Crippen molar-refractivity contribution in [1.82, 2.24) is 5.32 Å². The number of carbonyl (C=O) groups is 1. The average molecular weight is 187 g/mol. The Hall–Kier alpha value is -1.19. The monoisotopic (exact) mass is 187 g/mol. The molecule has 0 aromatic rings. The lowest BCUT2D eigenvalue weighted by Gasteiger charge is -2.19. The van der Waals surface area contributed by atoms with Gasteiger partial charge in [0.2, 0.25) is 0 Å². The Labute approximate surface area is 78.6 Å². The third kappa shape index (κ3) is 8.72. The van der Waals surface area contributed by atoms with E-state index in [2.05, 4.69) is 5.32 Å². The Morgan fingerprint density at radius 3 is 2.62 bits per heavy atom. The summed E-state index contributed by atoms with van der Waals surface area (Å²) < 4.78 is 4.98. The van der Waals surface area contributed by atoms with E-state index in [9.17, 15) is 4.79 Å². The van der Waals surface area contributed by atoms with E-state index in [1.54, 1.807) is 26.8 Å². The fourth-order valence-corrected chi connectivity index (χ4v) is 0.646. The maximum Gasteiger partial charge on any atom is 0.407 e. The van der Waals surface area contributed by atoms with Gasteiger partial charge in [-0.3, -0.25) is 0 Å². The van der Waals surface area contributed by atoms with Gasteiger partial charge >= 0.3 is 6.09 Å². The first-order valence-corrected chi connectivity index (χ1v) is 4.22. The van der Waals surface area contributed by atoms with Crippen LogP contribution in [-0.4, -0.2) is 23.3 Å². The molecule has 2 N–H and O–H groups in total. The van der Waals surface area contributed by atoms with Crippen LogP contribution < -0.4 is 5.32 Å². The maximum absolute atomic E-state index is 11.0. The molecule has 1 amide bonds. The van der Waals surface area contributed by atoms with Gasteiger partial charge in [-0.2, -0.15) is 0 Å². The number of ether oxygens (including phenoxy) is 1.